The lowest BCUT2D eigenvalue weighted by atomic mass is 10.0. The van der Waals surface area contributed by atoms with Crippen LogP contribution in [-0.2, 0) is 4.79 Å². The van der Waals surface area contributed by atoms with E-state index in [0.717, 1.165) is 11.8 Å². The Morgan fingerprint density at radius 1 is 1.50 bits per heavy atom. The maximum atomic E-state index is 11.1. The van der Waals surface area contributed by atoms with Crippen LogP contribution in [0.25, 0.3) is 0 Å². The van der Waals surface area contributed by atoms with Gasteiger partial charge in [-0.05, 0) is 31.0 Å². The second kappa shape index (κ2) is 4.38. The number of benzene rings is 1. The molecule has 1 atom stereocenters. The first-order chi connectivity index (χ1) is 6.56. The first kappa shape index (κ1) is 10.9. The Hall–Kier alpha value is -1.15. The molecule has 0 aromatic heterocycles. The Labute approximate surface area is 87.9 Å². The average Bonchev–Trinajstić information content (AvgIpc) is 2.17. The predicted molar refractivity (Wildman–Crippen MR) is 55.8 cm³/mol. The summed E-state index contributed by atoms with van der Waals surface area (Å²) in [5, 5.41) is -0.658. The van der Waals surface area contributed by atoms with Gasteiger partial charge in [0.1, 0.15) is 11.7 Å². The van der Waals surface area contributed by atoms with Gasteiger partial charge in [0.2, 0.25) is 0 Å². The van der Waals surface area contributed by atoms with Crippen molar-refractivity contribution in [1.82, 2.24) is 0 Å². The molecular weight excluding hydrogens is 200 g/mol. The molecule has 14 heavy (non-hydrogen) atoms. The fraction of sp³-hybridized carbons (Fsp3) is 0.273. The number of Topliss-reactive ketones (excluding diaryl/α,β-unsaturated/α-hetero) is 1. The normalized spacial score (nSPS) is 12.2. The van der Waals surface area contributed by atoms with Crippen LogP contribution in [0.15, 0.2) is 18.2 Å². The molecule has 0 aliphatic heterocycles. The molecule has 0 aliphatic carbocycles. The number of hydrogen-bond donors (Lipinski definition) is 0. The van der Waals surface area contributed by atoms with E-state index in [1.165, 1.54) is 6.92 Å². The lowest BCUT2D eigenvalue weighted by molar-refractivity contribution is -0.116. The highest BCUT2D eigenvalue weighted by molar-refractivity contribution is 6.30. The van der Waals surface area contributed by atoms with E-state index in [4.69, 9.17) is 11.6 Å². The van der Waals surface area contributed by atoms with Crippen molar-refractivity contribution >= 4 is 23.7 Å². The average molecular weight is 211 g/mol. The van der Waals surface area contributed by atoms with Gasteiger partial charge in [0, 0.05) is 5.56 Å². The molecule has 1 rings (SSSR count). The van der Waals surface area contributed by atoms with Crippen molar-refractivity contribution in [2.75, 3.05) is 0 Å². The number of alkyl halides is 1. The largest absolute Gasteiger partial charge is 0.298 e. The molecule has 0 amide bonds. The minimum absolute atomic E-state index is 0.113. The highest BCUT2D eigenvalue weighted by Gasteiger charge is 2.15. The van der Waals surface area contributed by atoms with Gasteiger partial charge >= 0.3 is 0 Å². The lowest BCUT2D eigenvalue weighted by Crippen LogP contribution is -2.04. The maximum Gasteiger partial charge on any atom is 0.152 e. The molecule has 74 valence electrons. The summed E-state index contributed by atoms with van der Waals surface area (Å²) in [5.41, 5.74) is 2.17. The van der Waals surface area contributed by atoms with E-state index in [1.54, 1.807) is 18.2 Å². The molecule has 1 aromatic carbocycles. The molecule has 0 bridgehead atoms. The number of aldehydes is 1. The van der Waals surface area contributed by atoms with E-state index in [9.17, 15) is 9.59 Å². The summed E-state index contributed by atoms with van der Waals surface area (Å²) >= 11 is 5.91. The molecular formula is C11H11ClO2. The van der Waals surface area contributed by atoms with Crippen LogP contribution >= 0.6 is 11.6 Å². The summed E-state index contributed by atoms with van der Waals surface area (Å²) in [6.45, 7) is 3.30. The summed E-state index contributed by atoms with van der Waals surface area (Å²) in [4.78, 5) is 21.6. The van der Waals surface area contributed by atoms with E-state index in [1.807, 2.05) is 6.92 Å². The molecule has 2 nitrogen and oxygen atoms in total. The smallest absolute Gasteiger partial charge is 0.152 e. The molecule has 0 saturated heterocycles. The van der Waals surface area contributed by atoms with Crippen molar-refractivity contribution in [3.63, 3.8) is 0 Å². The van der Waals surface area contributed by atoms with E-state index in [2.05, 4.69) is 0 Å². The minimum Gasteiger partial charge on any atom is -0.298 e. The molecule has 0 heterocycles. The van der Waals surface area contributed by atoms with E-state index < -0.39 is 5.38 Å². The SMILES string of the molecule is CC(=O)C(Cl)c1cc(C=O)ccc1C. The summed E-state index contributed by atoms with van der Waals surface area (Å²) < 4.78 is 0. The Kier molecular flexibility index (Phi) is 3.42. The Bertz CT molecular complexity index is 372. The third kappa shape index (κ3) is 2.20. The molecule has 0 radical (unpaired) electrons. The molecule has 3 heteroatoms. The van der Waals surface area contributed by atoms with Crippen LogP contribution in [0.2, 0.25) is 0 Å². The van der Waals surface area contributed by atoms with Gasteiger partial charge in [-0.1, -0.05) is 12.1 Å². The topological polar surface area (TPSA) is 34.1 Å². The number of rotatable bonds is 3. The van der Waals surface area contributed by atoms with Crippen LogP contribution in [0.4, 0.5) is 0 Å². The Balaban J connectivity index is 3.18. The summed E-state index contributed by atoms with van der Waals surface area (Å²) in [6, 6.07) is 5.15. The highest BCUT2D eigenvalue weighted by Crippen LogP contribution is 2.25. The second-order valence-electron chi connectivity index (χ2n) is 3.21. The van der Waals surface area contributed by atoms with Crippen LogP contribution in [0, 0.1) is 6.92 Å². The van der Waals surface area contributed by atoms with Crippen LogP contribution in [0.3, 0.4) is 0 Å². The number of carbonyl (C=O) groups is 2. The molecule has 1 unspecified atom stereocenters. The number of ketones is 1. The molecule has 0 saturated carbocycles. The quantitative estimate of drug-likeness (QED) is 0.568. The molecule has 1 aromatic rings. The monoisotopic (exact) mass is 210 g/mol. The van der Waals surface area contributed by atoms with Crippen molar-refractivity contribution in [2.24, 2.45) is 0 Å². The third-order valence-corrected chi connectivity index (χ3v) is 2.61. The number of aryl methyl sites for hydroxylation is 1. The van der Waals surface area contributed by atoms with E-state index >= 15 is 0 Å². The van der Waals surface area contributed by atoms with Crippen molar-refractivity contribution < 1.29 is 9.59 Å². The van der Waals surface area contributed by atoms with E-state index in [-0.39, 0.29) is 5.78 Å². The fourth-order valence-corrected chi connectivity index (χ4v) is 1.46. The summed E-state index contributed by atoms with van der Waals surface area (Å²) in [6.07, 6.45) is 0.743. The van der Waals surface area contributed by atoms with Crippen LogP contribution in [-0.4, -0.2) is 12.1 Å². The maximum absolute atomic E-state index is 11.1. The van der Waals surface area contributed by atoms with Crippen molar-refractivity contribution in [1.29, 1.82) is 0 Å². The molecule has 0 aliphatic rings. The fourth-order valence-electron chi connectivity index (χ4n) is 1.22. The zero-order chi connectivity index (χ0) is 10.7. The van der Waals surface area contributed by atoms with Crippen molar-refractivity contribution in [3.05, 3.63) is 34.9 Å². The second-order valence-corrected chi connectivity index (χ2v) is 3.64. The van der Waals surface area contributed by atoms with Gasteiger partial charge in [0.15, 0.2) is 5.78 Å². The van der Waals surface area contributed by atoms with Crippen molar-refractivity contribution in [3.8, 4) is 0 Å². The summed E-state index contributed by atoms with van der Waals surface area (Å²) in [7, 11) is 0. The standard InChI is InChI=1S/C11H11ClO2/c1-7-3-4-9(6-13)5-10(7)11(12)8(2)14/h3-6,11H,1-2H3. The van der Waals surface area contributed by atoms with Crippen LogP contribution < -0.4 is 0 Å². The van der Waals surface area contributed by atoms with Crippen LogP contribution in [0.5, 0.6) is 0 Å². The van der Waals surface area contributed by atoms with Gasteiger partial charge in [0.25, 0.3) is 0 Å². The van der Waals surface area contributed by atoms with Gasteiger partial charge in [-0.15, -0.1) is 11.6 Å². The lowest BCUT2D eigenvalue weighted by Gasteiger charge is -2.09. The van der Waals surface area contributed by atoms with Gasteiger partial charge in [-0.25, -0.2) is 0 Å². The number of carbonyl (C=O) groups excluding carboxylic acids is 2. The van der Waals surface area contributed by atoms with Crippen LogP contribution in [0.1, 0.15) is 33.8 Å². The number of halogens is 1. The van der Waals surface area contributed by atoms with Gasteiger partial charge in [-0.3, -0.25) is 9.59 Å². The van der Waals surface area contributed by atoms with Gasteiger partial charge in [-0.2, -0.15) is 0 Å². The Morgan fingerprint density at radius 3 is 2.64 bits per heavy atom. The third-order valence-electron chi connectivity index (χ3n) is 2.07. The predicted octanol–water partition coefficient (Wildman–Crippen LogP) is 2.68. The first-order valence-corrected chi connectivity index (χ1v) is 4.70. The van der Waals surface area contributed by atoms with Gasteiger partial charge in [0.05, 0.1) is 0 Å². The first-order valence-electron chi connectivity index (χ1n) is 4.26. The highest BCUT2D eigenvalue weighted by atomic mass is 35.5. The number of hydrogen-bond acceptors (Lipinski definition) is 2. The zero-order valence-electron chi connectivity index (χ0n) is 8.08. The summed E-state index contributed by atoms with van der Waals surface area (Å²) in [5.74, 6) is -0.113. The van der Waals surface area contributed by atoms with E-state index in [0.29, 0.717) is 11.1 Å². The Morgan fingerprint density at radius 2 is 2.14 bits per heavy atom. The minimum atomic E-state index is -0.658. The van der Waals surface area contributed by atoms with Crippen molar-refractivity contribution in [2.45, 2.75) is 19.2 Å². The van der Waals surface area contributed by atoms with Gasteiger partial charge < -0.3 is 0 Å². The molecule has 0 fully saturated rings. The molecule has 0 spiro atoms. The molecule has 0 N–H and O–H groups in total. The zero-order valence-corrected chi connectivity index (χ0v) is 8.84.